The number of benzene rings is 2. The van der Waals surface area contributed by atoms with Gasteiger partial charge in [0.1, 0.15) is 22.1 Å². The van der Waals surface area contributed by atoms with Gasteiger partial charge >= 0.3 is 0 Å². The molecule has 0 saturated carbocycles. The summed E-state index contributed by atoms with van der Waals surface area (Å²) in [6.07, 6.45) is 1.64. The lowest BCUT2D eigenvalue weighted by Crippen LogP contribution is -2.13. The predicted molar refractivity (Wildman–Crippen MR) is 114 cm³/mol. The second-order valence-electron chi connectivity index (χ2n) is 6.28. The number of nitrogens with one attached hydrogen (secondary N) is 1. The molecule has 4 rings (SSSR count). The summed E-state index contributed by atoms with van der Waals surface area (Å²) >= 11 is 1.40. The van der Waals surface area contributed by atoms with Crippen molar-refractivity contribution in [3.63, 3.8) is 0 Å². The van der Waals surface area contributed by atoms with E-state index in [4.69, 9.17) is 10.5 Å². The van der Waals surface area contributed by atoms with Crippen LogP contribution in [0.25, 0.3) is 16.3 Å². The molecule has 2 amide bonds. The van der Waals surface area contributed by atoms with Crippen molar-refractivity contribution in [1.82, 2.24) is 14.8 Å². The van der Waals surface area contributed by atoms with Crippen LogP contribution in [-0.2, 0) is 0 Å². The van der Waals surface area contributed by atoms with E-state index in [1.54, 1.807) is 49.0 Å². The Labute approximate surface area is 175 Å². The van der Waals surface area contributed by atoms with Crippen molar-refractivity contribution in [2.75, 3.05) is 12.4 Å². The molecule has 3 N–H and O–H groups in total. The zero-order valence-electron chi connectivity index (χ0n) is 15.9. The number of aromatic nitrogens is 3. The normalized spacial score (nSPS) is 10.6. The number of methoxy groups -OCH3 is 1. The molecule has 4 aromatic rings. The molecule has 2 aromatic heterocycles. The molecule has 8 nitrogen and oxygen atoms in total. The average molecular weight is 419 g/mol. The number of anilines is 1. The van der Waals surface area contributed by atoms with E-state index in [1.807, 2.05) is 24.3 Å². The van der Waals surface area contributed by atoms with Crippen LogP contribution in [0.4, 0.5) is 5.69 Å². The molecule has 0 fully saturated rings. The average Bonchev–Trinajstić information content (AvgIpc) is 3.45. The van der Waals surface area contributed by atoms with Gasteiger partial charge in [0.25, 0.3) is 11.8 Å². The molecular weight excluding hydrogens is 402 g/mol. The minimum atomic E-state index is -0.588. The first-order valence-corrected chi connectivity index (χ1v) is 9.78. The maximum absolute atomic E-state index is 12.5. The Morgan fingerprint density at radius 3 is 2.40 bits per heavy atom. The quantitative estimate of drug-likeness (QED) is 0.498. The van der Waals surface area contributed by atoms with Gasteiger partial charge in [0, 0.05) is 22.8 Å². The second kappa shape index (κ2) is 8.18. The lowest BCUT2D eigenvalue weighted by atomic mass is 10.2. The Bertz CT molecular complexity index is 1200. The Hall–Kier alpha value is -3.98. The number of amides is 2. The largest absolute Gasteiger partial charge is 0.497 e. The third kappa shape index (κ3) is 4.06. The highest BCUT2D eigenvalue weighted by Crippen LogP contribution is 2.26. The van der Waals surface area contributed by atoms with Crippen molar-refractivity contribution in [3.05, 3.63) is 77.6 Å². The van der Waals surface area contributed by atoms with Crippen molar-refractivity contribution in [2.45, 2.75) is 0 Å². The number of thiazole rings is 1. The van der Waals surface area contributed by atoms with E-state index < -0.39 is 5.91 Å². The van der Waals surface area contributed by atoms with Gasteiger partial charge in [-0.2, -0.15) is 5.10 Å². The summed E-state index contributed by atoms with van der Waals surface area (Å²) < 4.78 is 6.69. The number of carbonyl (C=O) groups is 2. The number of nitrogens with two attached hydrogens (primary N) is 1. The van der Waals surface area contributed by atoms with Crippen LogP contribution in [0.2, 0.25) is 0 Å². The predicted octanol–water partition coefficient (Wildman–Crippen LogP) is 3.36. The van der Waals surface area contributed by atoms with Crippen molar-refractivity contribution in [2.24, 2.45) is 5.73 Å². The Kier molecular flexibility index (Phi) is 5.27. The topological polar surface area (TPSA) is 112 Å². The van der Waals surface area contributed by atoms with Gasteiger partial charge in [-0.1, -0.05) is 0 Å². The highest BCUT2D eigenvalue weighted by atomic mass is 32.1. The molecule has 0 saturated heterocycles. The van der Waals surface area contributed by atoms with Gasteiger partial charge < -0.3 is 15.8 Å². The van der Waals surface area contributed by atoms with E-state index in [9.17, 15) is 9.59 Å². The van der Waals surface area contributed by atoms with Gasteiger partial charge in [-0.25, -0.2) is 9.67 Å². The van der Waals surface area contributed by atoms with E-state index in [1.165, 1.54) is 16.0 Å². The number of primary amides is 1. The monoisotopic (exact) mass is 419 g/mol. The summed E-state index contributed by atoms with van der Waals surface area (Å²) in [6, 6.07) is 16.1. The SMILES string of the molecule is COc1ccc(-c2nc(C(=O)Nc3ccc(-n4ccc(C(N)=O)n4)cc3)cs2)cc1. The van der Waals surface area contributed by atoms with Crippen molar-refractivity contribution < 1.29 is 14.3 Å². The van der Waals surface area contributed by atoms with Gasteiger partial charge in [-0.15, -0.1) is 11.3 Å². The van der Waals surface area contributed by atoms with Crippen LogP contribution in [0, 0.1) is 0 Å². The van der Waals surface area contributed by atoms with Crippen LogP contribution in [0.5, 0.6) is 5.75 Å². The summed E-state index contributed by atoms with van der Waals surface area (Å²) in [5.41, 5.74) is 8.01. The van der Waals surface area contributed by atoms with Crippen LogP contribution in [0.1, 0.15) is 21.0 Å². The van der Waals surface area contributed by atoms with Gasteiger partial charge in [-0.05, 0) is 54.6 Å². The molecule has 150 valence electrons. The summed E-state index contributed by atoms with van der Waals surface area (Å²) in [5.74, 6) is -0.124. The van der Waals surface area contributed by atoms with E-state index >= 15 is 0 Å². The molecule has 0 bridgehead atoms. The molecular formula is C21H17N5O3S. The van der Waals surface area contributed by atoms with E-state index in [0.29, 0.717) is 11.4 Å². The number of nitrogens with zero attached hydrogens (tertiary/aromatic N) is 3. The fourth-order valence-electron chi connectivity index (χ4n) is 2.74. The van der Waals surface area contributed by atoms with E-state index in [-0.39, 0.29) is 11.6 Å². The number of rotatable bonds is 6. The fraction of sp³-hybridized carbons (Fsp3) is 0.0476. The molecule has 0 spiro atoms. The van der Waals surface area contributed by atoms with Crippen LogP contribution in [0.3, 0.4) is 0 Å². The summed E-state index contributed by atoms with van der Waals surface area (Å²) in [5, 5.41) is 9.40. The molecule has 30 heavy (non-hydrogen) atoms. The number of ether oxygens (including phenoxy) is 1. The van der Waals surface area contributed by atoms with E-state index in [0.717, 1.165) is 22.0 Å². The molecule has 2 heterocycles. The van der Waals surface area contributed by atoms with Gasteiger partial charge in [0.15, 0.2) is 0 Å². The zero-order chi connectivity index (χ0) is 21.1. The first-order chi connectivity index (χ1) is 14.5. The molecule has 0 radical (unpaired) electrons. The Balaban J connectivity index is 1.44. The van der Waals surface area contributed by atoms with Crippen molar-refractivity contribution >= 4 is 28.8 Å². The number of hydrogen-bond acceptors (Lipinski definition) is 6. The summed E-state index contributed by atoms with van der Waals surface area (Å²) in [7, 11) is 1.61. The zero-order valence-corrected chi connectivity index (χ0v) is 16.7. The van der Waals surface area contributed by atoms with Gasteiger partial charge in [0.05, 0.1) is 12.8 Å². The molecule has 0 atom stereocenters. The Morgan fingerprint density at radius 2 is 1.77 bits per heavy atom. The standard InChI is InChI=1S/C21H17N5O3S/c1-29-16-8-2-13(3-9-16)21-24-18(12-30-21)20(28)23-14-4-6-15(7-5-14)26-11-10-17(25-26)19(22)27/h2-12H,1H3,(H2,22,27)(H,23,28). The van der Waals surface area contributed by atoms with Crippen LogP contribution >= 0.6 is 11.3 Å². The van der Waals surface area contributed by atoms with Gasteiger partial charge in [-0.3, -0.25) is 9.59 Å². The first-order valence-electron chi connectivity index (χ1n) is 8.91. The maximum atomic E-state index is 12.5. The maximum Gasteiger partial charge on any atom is 0.275 e. The fourth-order valence-corrected chi connectivity index (χ4v) is 3.54. The van der Waals surface area contributed by atoms with Crippen molar-refractivity contribution in [1.29, 1.82) is 0 Å². The first kappa shape index (κ1) is 19.3. The lowest BCUT2D eigenvalue weighted by molar-refractivity contribution is 0.0992. The van der Waals surface area contributed by atoms with E-state index in [2.05, 4.69) is 15.4 Å². The molecule has 0 unspecified atom stereocenters. The minimum Gasteiger partial charge on any atom is -0.497 e. The molecule has 0 aliphatic heterocycles. The number of carbonyl (C=O) groups excluding carboxylic acids is 2. The van der Waals surface area contributed by atoms with Crippen LogP contribution in [-0.4, -0.2) is 33.7 Å². The van der Waals surface area contributed by atoms with Crippen LogP contribution < -0.4 is 15.8 Å². The van der Waals surface area contributed by atoms with Crippen molar-refractivity contribution in [3.8, 4) is 22.0 Å². The second-order valence-corrected chi connectivity index (χ2v) is 7.14. The summed E-state index contributed by atoms with van der Waals surface area (Å²) in [6.45, 7) is 0. The molecule has 9 heteroatoms. The number of hydrogen-bond donors (Lipinski definition) is 2. The third-order valence-electron chi connectivity index (χ3n) is 4.31. The van der Waals surface area contributed by atoms with Crippen LogP contribution in [0.15, 0.2) is 66.2 Å². The lowest BCUT2D eigenvalue weighted by Gasteiger charge is -2.05. The smallest absolute Gasteiger partial charge is 0.275 e. The summed E-state index contributed by atoms with van der Waals surface area (Å²) in [4.78, 5) is 28.1. The minimum absolute atomic E-state index is 0.184. The van der Waals surface area contributed by atoms with Gasteiger partial charge in [0.2, 0.25) is 0 Å². The molecule has 2 aromatic carbocycles. The Morgan fingerprint density at radius 1 is 1.03 bits per heavy atom. The highest BCUT2D eigenvalue weighted by Gasteiger charge is 2.13. The molecule has 0 aliphatic rings. The highest BCUT2D eigenvalue weighted by molar-refractivity contribution is 7.13. The molecule has 0 aliphatic carbocycles. The third-order valence-corrected chi connectivity index (χ3v) is 5.20.